The van der Waals surface area contributed by atoms with Crippen LogP contribution in [0.5, 0.6) is 0 Å². The molecule has 0 fully saturated rings. The summed E-state index contributed by atoms with van der Waals surface area (Å²) in [5.41, 5.74) is 0.741. The number of aliphatic hydroxyl groups excluding tert-OH is 1. The number of anilines is 1. The number of carbonyl (C=O) groups excluding carboxylic acids is 1. The summed E-state index contributed by atoms with van der Waals surface area (Å²) in [7, 11) is 0. The molecule has 2 aromatic rings. The normalized spacial score (nSPS) is 9.62. The monoisotopic (exact) mass is 283 g/mol. The second-order valence-electron chi connectivity index (χ2n) is 4.22. The number of hydrogen-bond donors (Lipinski definition) is 3. The standard InChI is InChI=1S/C15H13N3O3/c1-10-8-13(20)12(9-16-10)15(21)18-14-6-2-4-11(17-14)5-3-7-19/h2,4,6,8-9,19H,7H2,1H3,(H,16,20)(H,17,18,21). The van der Waals surface area contributed by atoms with Gasteiger partial charge in [0.2, 0.25) is 0 Å². The average Bonchev–Trinajstić information content (AvgIpc) is 2.45. The number of hydrogen-bond acceptors (Lipinski definition) is 4. The van der Waals surface area contributed by atoms with Crippen molar-refractivity contribution in [3.63, 3.8) is 0 Å². The van der Waals surface area contributed by atoms with Crippen molar-refractivity contribution in [3.05, 3.63) is 57.6 Å². The summed E-state index contributed by atoms with van der Waals surface area (Å²) in [6.07, 6.45) is 1.36. The molecule has 2 aromatic heterocycles. The number of nitrogens with one attached hydrogen (secondary N) is 2. The third-order valence-corrected chi connectivity index (χ3v) is 2.59. The molecule has 0 bridgehead atoms. The lowest BCUT2D eigenvalue weighted by molar-refractivity contribution is 0.102. The van der Waals surface area contributed by atoms with E-state index in [1.165, 1.54) is 12.3 Å². The molecule has 2 heterocycles. The zero-order valence-electron chi connectivity index (χ0n) is 11.3. The van der Waals surface area contributed by atoms with Gasteiger partial charge in [-0.3, -0.25) is 9.59 Å². The minimum Gasteiger partial charge on any atom is -0.384 e. The highest BCUT2D eigenvalue weighted by atomic mass is 16.2. The lowest BCUT2D eigenvalue weighted by Crippen LogP contribution is -2.22. The Morgan fingerprint density at radius 3 is 3.00 bits per heavy atom. The van der Waals surface area contributed by atoms with Gasteiger partial charge in [-0.2, -0.15) is 0 Å². The molecule has 0 saturated carbocycles. The van der Waals surface area contributed by atoms with Crippen LogP contribution >= 0.6 is 0 Å². The zero-order chi connectivity index (χ0) is 15.2. The summed E-state index contributed by atoms with van der Waals surface area (Å²) in [4.78, 5) is 30.7. The fraction of sp³-hybridized carbons (Fsp3) is 0.133. The Bertz CT molecular complexity index is 784. The summed E-state index contributed by atoms with van der Waals surface area (Å²) < 4.78 is 0. The number of aliphatic hydroxyl groups is 1. The number of nitrogens with zero attached hydrogens (tertiary/aromatic N) is 1. The van der Waals surface area contributed by atoms with E-state index in [-0.39, 0.29) is 23.4 Å². The van der Waals surface area contributed by atoms with E-state index in [2.05, 4.69) is 27.1 Å². The molecule has 0 radical (unpaired) electrons. The van der Waals surface area contributed by atoms with Crippen molar-refractivity contribution in [2.75, 3.05) is 11.9 Å². The summed E-state index contributed by atoms with van der Waals surface area (Å²) in [5.74, 6) is 4.84. The van der Waals surface area contributed by atoms with Crippen molar-refractivity contribution in [2.45, 2.75) is 6.92 Å². The number of aromatic nitrogens is 2. The van der Waals surface area contributed by atoms with Gasteiger partial charge in [-0.25, -0.2) is 4.98 Å². The Morgan fingerprint density at radius 1 is 1.48 bits per heavy atom. The molecule has 6 nitrogen and oxygen atoms in total. The molecule has 0 aliphatic rings. The van der Waals surface area contributed by atoms with Crippen LogP contribution < -0.4 is 10.7 Å². The molecule has 0 aromatic carbocycles. The number of rotatable bonds is 2. The number of carbonyl (C=O) groups is 1. The second kappa shape index (κ2) is 6.50. The van der Waals surface area contributed by atoms with Gasteiger partial charge in [0.05, 0.1) is 0 Å². The Morgan fingerprint density at radius 2 is 2.29 bits per heavy atom. The van der Waals surface area contributed by atoms with Crippen molar-refractivity contribution in [2.24, 2.45) is 0 Å². The highest BCUT2D eigenvalue weighted by Crippen LogP contribution is 2.05. The van der Waals surface area contributed by atoms with Gasteiger partial charge in [0.15, 0.2) is 5.43 Å². The maximum atomic E-state index is 12.0. The molecule has 0 spiro atoms. The Balaban J connectivity index is 2.21. The summed E-state index contributed by atoms with van der Waals surface area (Å²) in [5, 5.41) is 11.2. The first-order chi connectivity index (χ1) is 10.1. The molecule has 6 heteroatoms. The molecule has 0 atom stereocenters. The quantitative estimate of drug-likeness (QED) is 0.706. The Labute approximate surface area is 120 Å². The predicted octanol–water partition coefficient (Wildman–Crippen LogP) is 0.674. The van der Waals surface area contributed by atoms with Gasteiger partial charge in [0, 0.05) is 18.0 Å². The number of pyridine rings is 2. The third kappa shape index (κ3) is 3.78. The fourth-order valence-corrected chi connectivity index (χ4v) is 1.64. The molecule has 0 unspecified atom stereocenters. The minimum absolute atomic E-state index is 0.00856. The second-order valence-corrected chi connectivity index (χ2v) is 4.22. The van der Waals surface area contributed by atoms with E-state index in [0.717, 1.165) is 0 Å². The molecule has 2 rings (SSSR count). The molecule has 0 saturated heterocycles. The predicted molar refractivity (Wildman–Crippen MR) is 78.0 cm³/mol. The van der Waals surface area contributed by atoms with E-state index in [9.17, 15) is 9.59 Å². The van der Waals surface area contributed by atoms with E-state index in [1.807, 2.05) is 0 Å². The van der Waals surface area contributed by atoms with Crippen molar-refractivity contribution >= 4 is 11.7 Å². The largest absolute Gasteiger partial charge is 0.384 e. The maximum absolute atomic E-state index is 12.0. The highest BCUT2D eigenvalue weighted by molar-refractivity contribution is 6.03. The van der Waals surface area contributed by atoms with Crippen LogP contribution in [0.25, 0.3) is 0 Å². The zero-order valence-corrected chi connectivity index (χ0v) is 11.3. The van der Waals surface area contributed by atoms with E-state index in [4.69, 9.17) is 5.11 Å². The third-order valence-electron chi connectivity index (χ3n) is 2.59. The molecular formula is C15H13N3O3. The minimum atomic E-state index is -0.545. The van der Waals surface area contributed by atoms with Gasteiger partial charge in [0.1, 0.15) is 23.7 Å². The summed E-state index contributed by atoms with van der Waals surface area (Å²) >= 11 is 0. The van der Waals surface area contributed by atoms with E-state index < -0.39 is 5.91 Å². The number of aromatic amines is 1. The van der Waals surface area contributed by atoms with Gasteiger partial charge in [0.25, 0.3) is 5.91 Å². The molecule has 3 N–H and O–H groups in total. The first-order valence-corrected chi connectivity index (χ1v) is 6.17. The lowest BCUT2D eigenvalue weighted by atomic mass is 10.2. The van der Waals surface area contributed by atoms with E-state index >= 15 is 0 Å². The maximum Gasteiger partial charge on any atom is 0.262 e. The Kier molecular flexibility index (Phi) is 4.49. The molecular weight excluding hydrogens is 270 g/mol. The first kappa shape index (κ1) is 14.5. The van der Waals surface area contributed by atoms with Crippen LogP contribution in [-0.4, -0.2) is 27.6 Å². The van der Waals surface area contributed by atoms with Crippen LogP contribution in [0.4, 0.5) is 5.82 Å². The molecule has 21 heavy (non-hydrogen) atoms. The number of amides is 1. The van der Waals surface area contributed by atoms with Crippen LogP contribution in [0.15, 0.2) is 35.3 Å². The van der Waals surface area contributed by atoms with Gasteiger partial charge >= 0.3 is 0 Å². The van der Waals surface area contributed by atoms with Crippen molar-refractivity contribution in [1.82, 2.24) is 9.97 Å². The topological polar surface area (TPSA) is 95.1 Å². The Hall–Kier alpha value is -2.91. The van der Waals surface area contributed by atoms with Gasteiger partial charge in [-0.05, 0) is 25.0 Å². The molecule has 0 aliphatic carbocycles. The van der Waals surface area contributed by atoms with Gasteiger partial charge in [-0.15, -0.1) is 0 Å². The molecule has 1 amide bonds. The summed E-state index contributed by atoms with van der Waals surface area (Å²) in [6.45, 7) is 1.46. The van der Waals surface area contributed by atoms with Gasteiger partial charge < -0.3 is 15.4 Å². The van der Waals surface area contributed by atoms with Crippen LogP contribution in [0, 0.1) is 18.8 Å². The smallest absolute Gasteiger partial charge is 0.262 e. The van der Waals surface area contributed by atoms with E-state index in [0.29, 0.717) is 11.4 Å². The van der Waals surface area contributed by atoms with Crippen LogP contribution in [0.3, 0.4) is 0 Å². The van der Waals surface area contributed by atoms with Crippen molar-refractivity contribution < 1.29 is 9.90 Å². The summed E-state index contributed by atoms with van der Waals surface area (Å²) in [6, 6.07) is 6.26. The molecule has 0 aliphatic heterocycles. The SMILES string of the molecule is Cc1cc(=O)c(C(=O)Nc2cccc(C#CCO)n2)c[nH]1. The van der Waals surface area contributed by atoms with Crippen LogP contribution in [-0.2, 0) is 0 Å². The van der Waals surface area contributed by atoms with Crippen molar-refractivity contribution in [1.29, 1.82) is 0 Å². The van der Waals surface area contributed by atoms with Gasteiger partial charge in [-0.1, -0.05) is 12.0 Å². The first-order valence-electron chi connectivity index (χ1n) is 6.17. The highest BCUT2D eigenvalue weighted by Gasteiger charge is 2.11. The van der Waals surface area contributed by atoms with Crippen molar-refractivity contribution in [3.8, 4) is 11.8 Å². The molecule has 106 valence electrons. The van der Waals surface area contributed by atoms with Crippen LogP contribution in [0.1, 0.15) is 21.7 Å². The van der Waals surface area contributed by atoms with Crippen LogP contribution in [0.2, 0.25) is 0 Å². The average molecular weight is 283 g/mol. The number of H-pyrrole nitrogens is 1. The lowest BCUT2D eigenvalue weighted by Gasteiger charge is -2.04. The number of aryl methyl sites for hydroxylation is 1. The van der Waals surface area contributed by atoms with E-state index in [1.54, 1.807) is 25.1 Å². The fourth-order valence-electron chi connectivity index (χ4n) is 1.64.